The molecule has 122 heavy (non-hydrogen) atoms. The minimum atomic E-state index is -1.97. The predicted octanol–water partition coefficient (Wildman–Crippen LogP) is -4.57. The van der Waals surface area contributed by atoms with E-state index in [1.165, 1.54) is 32.6 Å². The molecule has 15 amide bonds. The third kappa shape index (κ3) is 33.9. The summed E-state index contributed by atoms with van der Waals surface area (Å²) < 4.78 is 0. The van der Waals surface area contributed by atoms with Gasteiger partial charge in [0.15, 0.2) is 5.96 Å². The maximum absolute atomic E-state index is 14.9. The number of hydrogen-bond acceptors (Lipinski definition) is 22. The Morgan fingerprint density at radius 1 is 0.467 bits per heavy atom. The lowest BCUT2D eigenvalue weighted by Crippen LogP contribution is -2.63. The van der Waals surface area contributed by atoms with E-state index in [2.05, 4.69) is 85.1 Å². The number of nitrogens with two attached hydrogens (primary N) is 1. The average molecular weight is 1720 g/mol. The molecule has 2 heterocycles. The number of rotatable bonds is 50. The van der Waals surface area contributed by atoms with E-state index in [0.717, 1.165) is 27.2 Å². The minimum absolute atomic E-state index is 0.0401. The van der Waals surface area contributed by atoms with Crippen LogP contribution in [0.25, 0.3) is 0 Å². The highest BCUT2D eigenvalue weighted by atomic mass is 16.4. The lowest BCUT2D eigenvalue weighted by atomic mass is 9.96. The summed E-state index contributed by atoms with van der Waals surface area (Å²) in [5.41, 5.74) is 6.45. The third-order valence-electron chi connectivity index (χ3n) is 20.6. The normalized spacial score (nSPS) is 17.9. The van der Waals surface area contributed by atoms with Gasteiger partial charge in [0.1, 0.15) is 90.6 Å². The van der Waals surface area contributed by atoms with Gasteiger partial charge in [-0.3, -0.25) is 86.9 Å². The quantitative estimate of drug-likeness (QED) is 0.0168. The zero-order valence-electron chi connectivity index (χ0n) is 71.5. The molecule has 0 spiro atoms. The van der Waals surface area contributed by atoms with Crippen molar-refractivity contribution in [3.63, 3.8) is 0 Å². The smallest absolute Gasteiger partial charge is 0.325 e. The fraction of sp³-hybridized carbons (Fsp3) is 0.630. The van der Waals surface area contributed by atoms with Gasteiger partial charge in [0.2, 0.25) is 88.6 Å². The molecule has 0 saturated carbocycles. The van der Waals surface area contributed by atoms with Gasteiger partial charge in [-0.25, -0.2) is 0 Å². The molecule has 0 bridgehead atoms. The molecule has 19 atom stereocenters. The number of hydrogen-bond donors (Lipinski definition) is 23. The van der Waals surface area contributed by atoms with Crippen molar-refractivity contribution in [1.82, 2.24) is 90.0 Å². The molecule has 2 fully saturated rings. The van der Waals surface area contributed by atoms with Crippen LogP contribution in [0.5, 0.6) is 0 Å². The van der Waals surface area contributed by atoms with E-state index >= 15 is 0 Å². The molecule has 41 heteroatoms. The van der Waals surface area contributed by atoms with E-state index in [1.807, 2.05) is 6.92 Å². The Balaban J connectivity index is 1.49. The summed E-state index contributed by atoms with van der Waals surface area (Å²) in [5, 5.41) is 99.0. The molecule has 2 aromatic rings. The molecule has 2 saturated heterocycles. The molecule has 0 aromatic heterocycles. The Bertz CT molecular complexity index is 3930. The summed E-state index contributed by atoms with van der Waals surface area (Å²) in [5.74, 6) is -19.5. The number of nitrogens with one attached hydrogen (secondary N) is 17. The number of carbonyl (C=O) groups excluding carboxylic acids is 15. The van der Waals surface area contributed by atoms with Crippen LogP contribution in [0, 0.1) is 29.1 Å². The number of nitrogens with zero attached hydrogens (tertiary/aromatic N) is 1. The van der Waals surface area contributed by atoms with Crippen molar-refractivity contribution in [3.05, 3.63) is 71.8 Å². The largest absolute Gasteiger partial charge is 0.481 e. The van der Waals surface area contributed by atoms with Crippen LogP contribution in [-0.4, -0.2) is 272 Å². The Kier molecular flexibility index (Phi) is 42.8. The maximum atomic E-state index is 14.9. The molecule has 4 rings (SSSR count). The van der Waals surface area contributed by atoms with Gasteiger partial charge in [-0.2, -0.15) is 0 Å². The fourth-order valence-corrected chi connectivity index (χ4v) is 13.4. The molecule has 41 nitrogen and oxygen atoms in total. The number of aliphatic hydroxyl groups is 3. The van der Waals surface area contributed by atoms with Crippen molar-refractivity contribution < 1.29 is 107 Å². The summed E-state index contributed by atoms with van der Waals surface area (Å²) in [4.78, 5) is 237. The Morgan fingerprint density at radius 2 is 0.869 bits per heavy atom. The standard InChI is InChI=1S/C81H127N19O22/c1-14-43(8)62(97-74(115)59-30-23-33-100(59)79(120)52-29-22-31-84-52)76(117)94-56(37-50-26-19-16-20-27-50)70(111)92-55(36-49-24-17-15-18-25-49)69(110)93-57(38-60(104)105)71(112)91-54(35-41(4)5)72(113)98-63(47(12)102)77(118)87-45(10)66(107)96-61(42(6)7)75(116)99-64(48(13)103)78(119)86-44(9)65(106)90-53(34-40(2)3)68(109)89-51(28-21-32-85-81(82)83)67(108)95-58(39-101)73(114)88-46(11)80(121)122/h15-20,24-27,40-48,51-59,61-64,84,101-103H,14,21-23,28-39H2,1-13H3,(H,86,119)(H,87,118)(H,88,114)(H,89,109)(H,90,106)(H,91,112)(H,92,111)(H,93,110)(H,94,117)(H,95,108)(H,96,107)(H,97,115)(H,98,113)(H,99,116)(H,104,105)(H,121,122)(H4,82,83,85)/t43-,44-,45-,46-,47+,48+,51-,52-,53-,54-,55-,56-,57-,58-,59-,61-,62-,63-,64-/m0/s1. The fourth-order valence-electron chi connectivity index (χ4n) is 13.4. The Hall–Kier alpha value is -11.5. The SMILES string of the molecule is CC[C@H](C)[C@H](NC(=O)[C@@H]1CCCN1C(=O)[C@@H]1CCCN1)C(=O)N[C@@H](Cc1ccccc1)C(=O)N[C@@H](Cc1ccccc1)C(=O)N[C@@H](CC(=O)O)C(=O)N[C@@H](CC(C)C)C(=O)N[C@H](C(=O)N[C@@H](C)C(=O)N[C@H](C(=O)N[C@H](C(=O)N[C@@H](C)C(=O)N[C@@H](CC(C)C)C(=O)N[C@@H](CCCNC(=N)N)C(=O)N[C@@H](CO)C(=O)N[C@@H](C)C(=O)O)[C@@H](C)O)C(C)C)[C@@H](C)O. The van der Waals surface area contributed by atoms with Crippen LogP contribution < -0.4 is 90.8 Å². The zero-order chi connectivity index (χ0) is 91.5. The van der Waals surface area contributed by atoms with Crippen molar-refractivity contribution >= 4 is 107 Å². The number of benzene rings is 2. The highest BCUT2D eigenvalue weighted by Crippen LogP contribution is 2.23. The number of carboxylic acids is 2. The van der Waals surface area contributed by atoms with E-state index in [-0.39, 0.29) is 56.9 Å². The van der Waals surface area contributed by atoms with Crippen molar-refractivity contribution in [2.24, 2.45) is 29.4 Å². The Morgan fingerprint density at radius 3 is 1.33 bits per heavy atom. The van der Waals surface area contributed by atoms with Gasteiger partial charge >= 0.3 is 11.9 Å². The maximum Gasteiger partial charge on any atom is 0.325 e. The van der Waals surface area contributed by atoms with Crippen LogP contribution >= 0.6 is 0 Å². The summed E-state index contributed by atoms with van der Waals surface area (Å²) in [6.07, 6.45) is -2.45. The molecule has 2 aliphatic rings. The van der Waals surface area contributed by atoms with E-state index in [9.17, 15) is 107 Å². The van der Waals surface area contributed by atoms with Gasteiger partial charge in [-0.1, -0.05) is 122 Å². The summed E-state index contributed by atoms with van der Waals surface area (Å²) >= 11 is 0. The van der Waals surface area contributed by atoms with Gasteiger partial charge in [-0.05, 0) is 127 Å². The number of guanidine groups is 1. The van der Waals surface area contributed by atoms with Crippen LogP contribution in [-0.2, 0) is 94.3 Å². The number of carboxylic acid groups (broad SMARTS) is 2. The third-order valence-corrected chi connectivity index (χ3v) is 20.6. The second kappa shape index (κ2) is 50.7. The predicted molar refractivity (Wildman–Crippen MR) is 443 cm³/mol. The van der Waals surface area contributed by atoms with Crippen LogP contribution in [0.4, 0.5) is 0 Å². The number of carbonyl (C=O) groups is 17. The topological polar surface area (TPSA) is 637 Å². The lowest BCUT2D eigenvalue weighted by molar-refractivity contribution is -0.142. The van der Waals surface area contributed by atoms with Crippen LogP contribution in [0.1, 0.15) is 165 Å². The molecule has 2 aliphatic heterocycles. The van der Waals surface area contributed by atoms with E-state index < -0.39 is 240 Å². The van der Waals surface area contributed by atoms with E-state index in [1.54, 1.807) is 95.3 Å². The van der Waals surface area contributed by atoms with Crippen molar-refractivity contribution in [2.45, 2.75) is 276 Å². The second-order valence-electron chi connectivity index (χ2n) is 32.3. The lowest BCUT2D eigenvalue weighted by Gasteiger charge is -2.31. The van der Waals surface area contributed by atoms with Gasteiger partial charge in [0.25, 0.3) is 0 Å². The number of likely N-dealkylation sites (tertiary alicyclic amines) is 1. The molecular weight excluding hydrogens is 1590 g/mol. The first-order valence-corrected chi connectivity index (χ1v) is 41.2. The monoisotopic (exact) mass is 1720 g/mol. The molecule has 0 radical (unpaired) electrons. The molecular formula is C81H127N19O22. The Labute approximate surface area is 709 Å². The molecule has 0 aliphatic carbocycles. The van der Waals surface area contributed by atoms with Crippen molar-refractivity contribution in [3.8, 4) is 0 Å². The van der Waals surface area contributed by atoms with Crippen LogP contribution in [0.15, 0.2) is 60.7 Å². The zero-order valence-corrected chi connectivity index (χ0v) is 71.5. The summed E-state index contributed by atoms with van der Waals surface area (Å²) in [6.45, 7) is 19.1. The van der Waals surface area contributed by atoms with Crippen molar-refractivity contribution in [1.29, 1.82) is 5.41 Å². The summed E-state index contributed by atoms with van der Waals surface area (Å²) in [7, 11) is 0. The highest BCUT2D eigenvalue weighted by Gasteiger charge is 2.43. The minimum Gasteiger partial charge on any atom is -0.481 e. The summed E-state index contributed by atoms with van der Waals surface area (Å²) in [6, 6.07) is -6.50. The molecule has 0 unspecified atom stereocenters. The van der Waals surface area contributed by atoms with Gasteiger partial charge < -0.3 is 121 Å². The number of aliphatic hydroxyl groups excluding tert-OH is 3. The van der Waals surface area contributed by atoms with E-state index in [4.69, 9.17) is 11.1 Å². The van der Waals surface area contributed by atoms with Crippen molar-refractivity contribution in [2.75, 3.05) is 26.2 Å². The first kappa shape index (κ1) is 103. The van der Waals surface area contributed by atoms with Gasteiger partial charge in [0.05, 0.1) is 31.3 Å². The number of amides is 15. The molecule has 2 aromatic carbocycles. The van der Waals surface area contributed by atoms with E-state index in [0.29, 0.717) is 49.9 Å². The first-order valence-electron chi connectivity index (χ1n) is 41.2. The number of aliphatic carboxylic acids is 2. The molecule has 678 valence electrons. The van der Waals surface area contributed by atoms with Gasteiger partial charge in [-0.15, -0.1) is 0 Å². The second-order valence-corrected chi connectivity index (χ2v) is 32.3. The van der Waals surface area contributed by atoms with Crippen LogP contribution in [0.3, 0.4) is 0 Å². The van der Waals surface area contributed by atoms with Gasteiger partial charge in [0, 0.05) is 25.9 Å². The first-order chi connectivity index (χ1) is 57.4. The molecule has 24 N–H and O–H groups in total. The van der Waals surface area contributed by atoms with Crippen LogP contribution in [0.2, 0.25) is 0 Å². The average Bonchev–Trinajstić information content (AvgIpc) is 1.68. The highest BCUT2D eigenvalue weighted by molar-refractivity contribution is 6.01.